The summed E-state index contributed by atoms with van der Waals surface area (Å²) in [5.41, 5.74) is 7.24. The molecule has 2 N–H and O–H groups in total. The fourth-order valence-corrected chi connectivity index (χ4v) is 3.15. The lowest BCUT2D eigenvalue weighted by Crippen LogP contribution is -2.33. The third kappa shape index (κ3) is 3.71. The van der Waals surface area contributed by atoms with Crippen molar-refractivity contribution >= 4 is 0 Å². The smallest absolute Gasteiger partial charge is 0.119 e. The molecule has 1 fully saturated rings. The minimum Gasteiger partial charge on any atom is -0.497 e. The lowest BCUT2D eigenvalue weighted by Gasteiger charge is -2.29. The second kappa shape index (κ2) is 6.92. The number of benzene rings is 1. The zero-order valence-electron chi connectivity index (χ0n) is 12.1. The molecule has 0 spiro atoms. The van der Waals surface area contributed by atoms with Gasteiger partial charge in [0.2, 0.25) is 0 Å². The molecule has 1 aliphatic rings. The average Bonchev–Trinajstić information content (AvgIpc) is 2.92. The Morgan fingerprint density at radius 1 is 1.37 bits per heavy atom. The summed E-state index contributed by atoms with van der Waals surface area (Å²) in [7, 11) is 3.90. The van der Waals surface area contributed by atoms with Crippen LogP contribution >= 0.6 is 0 Å². The Morgan fingerprint density at radius 2 is 2.11 bits per heavy atom. The molecule has 1 aromatic rings. The van der Waals surface area contributed by atoms with Gasteiger partial charge in [0.15, 0.2) is 0 Å². The van der Waals surface area contributed by atoms with Crippen LogP contribution in [0.4, 0.5) is 0 Å². The Hall–Kier alpha value is -1.06. The predicted octanol–water partition coefficient (Wildman–Crippen LogP) is 2.82. The van der Waals surface area contributed by atoms with Crippen LogP contribution in [-0.2, 0) is 0 Å². The number of hydrogen-bond acceptors (Lipinski definition) is 3. The molecule has 1 aliphatic carbocycles. The van der Waals surface area contributed by atoms with Crippen LogP contribution in [0.25, 0.3) is 0 Å². The summed E-state index contributed by atoms with van der Waals surface area (Å²) in [6, 6.07) is 8.55. The number of likely N-dealkylation sites (N-methyl/N-ethyl adjacent to an activating group) is 1. The van der Waals surface area contributed by atoms with Gasteiger partial charge < -0.3 is 10.5 Å². The van der Waals surface area contributed by atoms with E-state index in [4.69, 9.17) is 10.5 Å². The molecule has 1 atom stereocenters. The van der Waals surface area contributed by atoms with E-state index in [1.165, 1.54) is 31.2 Å². The van der Waals surface area contributed by atoms with Crippen molar-refractivity contribution in [3.63, 3.8) is 0 Å². The molecular weight excluding hydrogens is 236 g/mol. The Bertz CT molecular complexity index is 388. The van der Waals surface area contributed by atoms with E-state index >= 15 is 0 Å². The second-order valence-corrected chi connectivity index (χ2v) is 5.62. The van der Waals surface area contributed by atoms with Gasteiger partial charge in [-0.15, -0.1) is 0 Å². The van der Waals surface area contributed by atoms with Crippen molar-refractivity contribution in [3.05, 3.63) is 29.8 Å². The molecule has 2 rings (SSSR count). The highest BCUT2D eigenvalue weighted by Crippen LogP contribution is 2.29. The zero-order valence-corrected chi connectivity index (χ0v) is 12.1. The number of hydrogen-bond donors (Lipinski definition) is 1. The van der Waals surface area contributed by atoms with Crippen LogP contribution in [-0.4, -0.2) is 32.1 Å². The number of rotatable bonds is 6. The lowest BCUT2D eigenvalue weighted by molar-refractivity contribution is 0.212. The van der Waals surface area contributed by atoms with Gasteiger partial charge in [-0.2, -0.15) is 0 Å². The van der Waals surface area contributed by atoms with Crippen molar-refractivity contribution in [3.8, 4) is 5.75 Å². The molecule has 1 unspecified atom stereocenters. The topological polar surface area (TPSA) is 38.5 Å². The van der Waals surface area contributed by atoms with E-state index in [1.54, 1.807) is 7.11 Å². The molecule has 3 nitrogen and oxygen atoms in total. The first-order valence-corrected chi connectivity index (χ1v) is 7.29. The predicted molar refractivity (Wildman–Crippen MR) is 79.4 cm³/mol. The second-order valence-electron chi connectivity index (χ2n) is 5.62. The third-order valence-corrected chi connectivity index (χ3v) is 4.25. The highest BCUT2D eigenvalue weighted by molar-refractivity contribution is 5.30. The Labute approximate surface area is 116 Å². The molecule has 0 bridgehead atoms. The van der Waals surface area contributed by atoms with Crippen molar-refractivity contribution in [1.82, 2.24) is 4.90 Å². The Balaban J connectivity index is 2.04. The van der Waals surface area contributed by atoms with E-state index in [9.17, 15) is 0 Å². The van der Waals surface area contributed by atoms with Gasteiger partial charge >= 0.3 is 0 Å². The maximum Gasteiger partial charge on any atom is 0.119 e. The van der Waals surface area contributed by atoms with Crippen LogP contribution < -0.4 is 10.5 Å². The summed E-state index contributed by atoms with van der Waals surface area (Å²) in [4.78, 5) is 2.41. The zero-order chi connectivity index (χ0) is 13.7. The summed E-state index contributed by atoms with van der Waals surface area (Å²) >= 11 is 0. The molecular formula is C16H26N2O. The van der Waals surface area contributed by atoms with Crippen LogP contribution in [0.2, 0.25) is 0 Å². The minimum absolute atomic E-state index is 0.288. The van der Waals surface area contributed by atoms with E-state index in [-0.39, 0.29) is 6.04 Å². The number of nitrogens with two attached hydrogens (primary N) is 1. The van der Waals surface area contributed by atoms with Gasteiger partial charge in [-0.1, -0.05) is 25.0 Å². The van der Waals surface area contributed by atoms with Crippen molar-refractivity contribution in [1.29, 1.82) is 0 Å². The highest BCUT2D eigenvalue weighted by Gasteiger charge is 2.22. The molecule has 1 saturated carbocycles. The van der Waals surface area contributed by atoms with E-state index in [0.717, 1.165) is 18.2 Å². The van der Waals surface area contributed by atoms with Crippen LogP contribution in [0.15, 0.2) is 24.3 Å². The van der Waals surface area contributed by atoms with Gasteiger partial charge in [-0.05, 0) is 43.5 Å². The third-order valence-electron chi connectivity index (χ3n) is 4.25. The summed E-state index contributed by atoms with van der Waals surface area (Å²) in [5.74, 6) is 1.76. The summed E-state index contributed by atoms with van der Waals surface area (Å²) in [6.07, 6.45) is 5.54. The van der Waals surface area contributed by atoms with Crippen molar-refractivity contribution in [2.45, 2.75) is 31.7 Å². The molecule has 1 aromatic carbocycles. The summed E-state index contributed by atoms with van der Waals surface area (Å²) in [6.45, 7) is 1.80. The maximum atomic E-state index is 5.99. The molecule has 0 saturated heterocycles. The van der Waals surface area contributed by atoms with Gasteiger partial charge in [-0.3, -0.25) is 4.90 Å². The molecule has 0 radical (unpaired) electrons. The quantitative estimate of drug-likeness (QED) is 0.856. The SMILES string of the molecule is COc1cccc(C(CN)N(C)CC2CCCC2)c1. The molecule has 3 heteroatoms. The Kier molecular flexibility index (Phi) is 5.23. The van der Waals surface area contributed by atoms with Gasteiger partial charge in [0.05, 0.1) is 7.11 Å². The van der Waals surface area contributed by atoms with E-state index in [1.807, 2.05) is 12.1 Å². The molecule has 106 valence electrons. The first-order valence-electron chi connectivity index (χ1n) is 7.29. The monoisotopic (exact) mass is 262 g/mol. The number of methoxy groups -OCH3 is 1. The fraction of sp³-hybridized carbons (Fsp3) is 0.625. The molecule has 0 heterocycles. The fourth-order valence-electron chi connectivity index (χ4n) is 3.15. The van der Waals surface area contributed by atoms with Gasteiger partial charge in [0, 0.05) is 19.1 Å². The maximum absolute atomic E-state index is 5.99. The number of ether oxygens (including phenoxy) is 1. The van der Waals surface area contributed by atoms with E-state index < -0.39 is 0 Å². The largest absolute Gasteiger partial charge is 0.497 e. The van der Waals surface area contributed by atoms with Gasteiger partial charge in [-0.25, -0.2) is 0 Å². The van der Waals surface area contributed by atoms with E-state index in [2.05, 4.69) is 24.1 Å². The van der Waals surface area contributed by atoms with Crippen molar-refractivity contribution < 1.29 is 4.74 Å². The normalized spacial score (nSPS) is 17.9. The molecule has 0 amide bonds. The van der Waals surface area contributed by atoms with Crippen molar-refractivity contribution in [2.24, 2.45) is 11.7 Å². The molecule has 19 heavy (non-hydrogen) atoms. The van der Waals surface area contributed by atoms with Crippen LogP contribution in [0.1, 0.15) is 37.3 Å². The lowest BCUT2D eigenvalue weighted by atomic mass is 10.0. The van der Waals surface area contributed by atoms with E-state index in [0.29, 0.717) is 6.54 Å². The van der Waals surface area contributed by atoms with Gasteiger partial charge in [0.1, 0.15) is 5.75 Å². The molecule has 0 aromatic heterocycles. The highest BCUT2D eigenvalue weighted by atomic mass is 16.5. The van der Waals surface area contributed by atoms with Gasteiger partial charge in [0.25, 0.3) is 0 Å². The summed E-state index contributed by atoms with van der Waals surface area (Å²) < 4.78 is 5.30. The first kappa shape index (κ1) is 14.4. The minimum atomic E-state index is 0.288. The summed E-state index contributed by atoms with van der Waals surface area (Å²) in [5, 5.41) is 0. The Morgan fingerprint density at radius 3 is 2.74 bits per heavy atom. The average molecular weight is 262 g/mol. The van der Waals surface area contributed by atoms with Crippen molar-refractivity contribution in [2.75, 3.05) is 27.2 Å². The van der Waals surface area contributed by atoms with Crippen LogP contribution in [0.3, 0.4) is 0 Å². The molecule has 0 aliphatic heterocycles. The first-order chi connectivity index (χ1) is 9.24. The van der Waals surface area contributed by atoms with Crippen LogP contribution in [0.5, 0.6) is 5.75 Å². The number of nitrogens with zero attached hydrogens (tertiary/aromatic N) is 1. The van der Waals surface area contributed by atoms with Crippen LogP contribution in [0, 0.1) is 5.92 Å². The standard InChI is InChI=1S/C16H26N2O/c1-18(12-13-6-3-4-7-13)16(11-17)14-8-5-9-15(10-14)19-2/h5,8-10,13,16H,3-4,6-7,11-12,17H2,1-2H3.